The van der Waals surface area contributed by atoms with Crippen LogP contribution < -0.4 is 4.98 Å². The number of phenols is 1. The van der Waals surface area contributed by atoms with Crippen molar-refractivity contribution in [3.05, 3.63) is 125 Å². The molecule has 5 aromatic rings. The first-order chi connectivity index (χ1) is 20.0. The van der Waals surface area contributed by atoms with Gasteiger partial charge in [-0.05, 0) is 12.1 Å². The van der Waals surface area contributed by atoms with Crippen molar-refractivity contribution in [1.29, 1.82) is 0 Å². The fourth-order valence-electron chi connectivity index (χ4n) is 4.45. The molecule has 0 aliphatic heterocycles. The van der Waals surface area contributed by atoms with Crippen LogP contribution in [0.5, 0.6) is 5.75 Å². The first kappa shape index (κ1) is 33.0. The summed E-state index contributed by atoms with van der Waals surface area (Å²) in [6.07, 6.45) is 1.67. The summed E-state index contributed by atoms with van der Waals surface area (Å²) in [6.45, 7) is 17.6. The third kappa shape index (κ3) is 9.53. The predicted molar refractivity (Wildman–Crippen MR) is 175 cm³/mol. The summed E-state index contributed by atoms with van der Waals surface area (Å²) in [7, 11) is 0. The van der Waals surface area contributed by atoms with Crippen molar-refractivity contribution in [2.45, 2.75) is 72.6 Å². The van der Waals surface area contributed by atoms with Gasteiger partial charge in [-0.15, -0.1) is 0 Å². The maximum atomic E-state index is 9.31. The molecule has 2 aromatic heterocycles. The van der Waals surface area contributed by atoms with E-state index in [2.05, 4.69) is 104 Å². The smallest absolute Gasteiger partial charge is 0.141 e. The topological polar surface area (TPSA) is 59.6 Å². The number of aromatic nitrogens is 2. The molecule has 0 aliphatic rings. The molecule has 5 rings (SSSR count). The maximum absolute atomic E-state index is 9.31. The Morgan fingerprint density at radius 1 is 0.762 bits per heavy atom. The van der Waals surface area contributed by atoms with E-state index in [1.807, 2.05) is 44.2 Å². The first-order valence-electron chi connectivity index (χ1n) is 14.5. The summed E-state index contributed by atoms with van der Waals surface area (Å²) in [5.74, 6) is 1.26. The average Bonchev–Trinajstić information content (AvgIpc) is 3.36. The monoisotopic (exact) mass is 644 g/mol. The van der Waals surface area contributed by atoms with Gasteiger partial charge in [0.25, 0.3) is 0 Å². The van der Waals surface area contributed by atoms with Crippen molar-refractivity contribution in [3.8, 4) is 5.75 Å². The van der Waals surface area contributed by atoms with E-state index in [1.54, 1.807) is 18.3 Å². The molecule has 0 spiro atoms. The molecule has 0 saturated carbocycles. The number of para-hydroxylation sites is 1. The second kappa shape index (κ2) is 15.7. The Morgan fingerprint density at radius 3 is 1.86 bits per heavy atom. The Hall–Kier alpha value is -3.49. The second-order valence-electron chi connectivity index (χ2n) is 11.6. The summed E-state index contributed by atoms with van der Waals surface area (Å²) < 4.78 is 7.59. The fraction of sp³-hybridized carbons (Fsp3) is 0.297. The van der Waals surface area contributed by atoms with Gasteiger partial charge in [0.15, 0.2) is 0 Å². The minimum absolute atomic E-state index is 0.0811. The predicted octanol–water partition coefficient (Wildman–Crippen LogP) is 9.81. The number of aromatic hydroxyl groups is 1. The van der Waals surface area contributed by atoms with Crippen LogP contribution in [0.2, 0.25) is 0 Å². The standard InChI is InChI=1S/C12H17N.C10H12.C9H7NO.C6H8N.Mo/c1-8(2)10-6-5-7-11(9(3)4)12(10)13;1-10(2,3)9-7-5-4-6-8-9;11-8-5-1-3-7-4-2-6-10-9(7)8;1-5-3-4-6(2)7-5;/h5-9H,1-4H3;1,4-8H,2-3H3;1-6,11H;3-4H,1-2H3;/q;;;-1;. The van der Waals surface area contributed by atoms with Crippen LogP contribution in [0.15, 0.2) is 101 Å². The third-order valence-electron chi connectivity index (χ3n) is 6.88. The number of fused-ring (bicyclic) bond motifs is 1. The average molecular weight is 643 g/mol. The van der Waals surface area contributed by atoms with Crippen LogP contribution in [0.25, 0.3) is 10.9 Å². The Kier molecular flexibility index (Phi) is 12.3. The van der Waals surface area contributed by atoms with Crippen LogP contribution in [0, 0.1) is 13.8 Å². The summed E-state index contributed by atoms with van der Waals surface area (Å²) in [4.78, 5) is 8.14. The van der Waals surface area contributed by atoms with Gasteiger partial charge in [-0.25, -0.2) is 0 Å². The summed E-state index contributed by atoms with van der Waals surface area (Å²) >= 11 is -0.553. The Bertz CT molecular complexity index is 1580. The van der Waals surface area contributed by atoms with E-state index in [0.717, 1.165) is 16.8 Å². The van der Waals surface area contributed by atoms with Gasteiger partial charge in [0.05, 0.1) is 0 Å². The van der Waals surface area contributed by atoms with Crippen molar-refractivity contribution >= 4 is 21.0 Å². The number of rotatable bonds is 5. The molecule has 3 aromatic carbocycles. The zero-order valence-corrected chi connectivity index (χ0v) is 28.2. The van der Waals surface area contributed by atoms with Crippen LogP contribution in [0.3, 0.4) is 0 Å². The molecule has 220 valence electrons. The molecule has 0 fully saturated rings. The Morgan fingerprint density at radius 2 is 1.33 bits per heavy atom. The Balaban J connectivity index is 0.000000217. The molecule has 5 heteroatoms. The van der Waals surface area contributed by atoms with Crippen LogP contribution in [0.1, 0.15) is 81.5 Å². The molecule has 0 radical (unpaired) electrons. The van der Waals surface area contributed by atoms with E-state index in [0.29, 0.717) is 17.4 Å². The zero-order chi connectivity index (χ0) is 30.7. The molecular formula is C37H44MoN3O-. The molecule has 0 saturated heterocycles. The minimum atomic E-state index is -0.553. The van der Waals surface area contributed by atoms with Gasteiger partial charge in [0.1, 0.15) is 11.3 Å². The number of aryl methyl sites for hydroxylation is 2. The van der Waals surface area contributed by atoms with Crippen molar-refractivity contribution in [1.82, 2.24) is 9.97 Å². The molecule has 0 unspecified atom stereocenters. The number of hydrogen-bond acceptors (Lipinski definition) is 3. The van der Waals surface area contributed by atoms with Gasteiger partial charge in [0, 0.05) is 11.6 Å². The summed E-state index contributed by atoms with van der Waals surface area (Å²) in [5.41, 5.74) is 8.36. The van der Waals surface area contributed by atoms with E-state index in [-0.39, 0.29) is 11.2 Å². The van der Waals surface area contributed by atoms with Crippen molar-refractivity contribution in [2.24, 2.45) is 3.50 Å². The number of hydrogen-bond donors (Lipinski definition) is 1. The number of pyridine rings is 1. The van der Waals surface area contributed by atoms with Crippen molar-refractivity contribution in [2.75, 3.05) is 0 Å². The molecule has 0 amide bonds. The van der Waals surface area contributed by atoms with E-state index in [4.69, 9.17) is 3.50 Å². The van der Waals surface area contributed by atoms with Gasteiger partial charge in [-0.3, -0.25) is 4.98 Å². The largest absolute Gasteiger partial charge is 0.665 e. The van der Waals surface area contributed by atoms with Crippen molar-refractivity contribution < 1.29 is 23.0 Å². The van der Waals surface area contributed by atoms with Gasteiger partial charge in [-0.2, -0.15) is 11.4 Å². The van der Waals surface area contributed by atoms with E-state index >= 15 is 0 Å². The molecule has 4 nitrogen and oxygen atoms in total. The van der Waals surface area contributed by atoms with Crippen LogP contribution in [-0.2, 0) is 23.3 Å². The normalized spacial score (nSPS) is 10.9. The van der Waals surface area contributed by atoms with Crippen LogP contribution in [-0.4, -0.2) is 14.5 Å². The first-order valence-corrected chi connectivity index (χ1v) is 16.5. The van der Waals surface area contributed by atoms with Crippen LogP contribution >= 0.6 is 0 Å². The molecule has 42 heavy (non-hydrogen) atoms. The van der Waals surface area contributed by atoms with Gasteiger partial charge in [0.2, 0.25) is 0 Å². The Labute approximate surface area is 260 Å². The SMILES string of the molecule is CC(C)c1cccc(C(C)C)c1[N]=[Mo]=[CH]C(C)(C)c1ccccc1.Cc1ccc(C)[n-]1.Oc1cccc2cccnc12. The molecule has 2 heterocycles. The van der Waals surface area contributed by atoms with Gasteiger partial charge >= 0.3 is 156 Å². The minimum Gasteiger partial charge on any atom is -0.665 e. The maximum Gasteiger partial charge on any atom is 0.141 e. The summed E-state index contributed by atoms with van der Waals surface area (Å²) in [5, 5.41) is 10.3. The molecule has 0 bridgehead atoms. The van der Waals surface area contributed by atoms with Crippen LogP contribution in [0.4, 0.5) is 5.69 Å². The van der Waals surface area contributed by atoms with E-state index < -0.39 is 17.9 Å². The molecular weight excluding hydrogens is 598 g/mol. The number of nitrogens with zero attached hydrogens (tertiary/aromatic N) is 3. The van der Waals surface area contributed by atoms with E-state index in [1.165, 1.54) is 22.4 Å². The summed E-state index contributed by atoms with van der Waals surface area (Å²) in [6, 6.07) is 30.5. The molecule has 0 aliphatic carbocycles. The quantitative estimate of drug-likeness (QED) is 0.194. The van der Waals surface area contributed by atoms with Gasteiger partial charge in [-0.1, -0.05) is 44.2 Å². The molecule has 0 atom stereocenters. The molecule has 1 N–H and O–H groups in total. The fourth-order valence-corrected chi connectivity index (χ4v) is 6.33. The number of phenolic OH excluding ortho intramolecular Hbond substituents is 1. The second-order valence-corrected chi connectivity index (χ2v) is 13.1. The van der Waals surface area contributed by atoms with Gasteiger partial charge < -0.3 is 10.1 Å². The number of benzene rings is 3. The van der Waals surface area contributed by atoms with Crippen molar-refractivity contribution in [3.63, 3.8) is 0 Å². The zero-order valence-electron chi connectivity index (χ0n) is 26.2. The third-order valence-corrected chi connectivity index (χ3v) is 9.30. The van der Waals surface area contributed by atoms with E-state index in [9.17, 15) is 5.11 Å².